The molecule has 1 aliphatic rings. The number of benzene rings is 1. The Bertz CT molecular complexity index is 328. The zero-order valence-electron chi connectivity index (χ0n) is 8.13. The SMILES string of the molecule is Cc1cc(C)cc(C(=O)C2CC2)c1. The van der Waals surface area contributed by atoms with Crippen LogP contribution in [-0.4, -0.2) is 5.78 Å². The van der Waals surface area contributed by atoms with Crippen molar-refractivity contribution in [3.63, 3.8) is 0 Å². The number of Topliss-reactive ketones (excluding diaryl/α,β-unsaturated/α-hetero) is 1. The molecule has 0 heterocycles. The second-order valence-corrected chi connectivity index (χ2v) is 4.01. The van der Waals surface area contributed by atoms with Crippen molar-refractivity contribution in [1.82, 2.24) is 0 Å². The van der Waals surface area contributed by atoms with E-state index in [-0.39, 0.29) is 0 Å². The third kappa shape index (κ3) is 1.80. The molecule has 1 saturated carbocycles. The van der Waals surface area contributed by atoms with Crippen LogP contribution in [0.2, 0.25) is 0 Å². The summed E-state index contributed by atoms with van der Waals surface area (Å²) in [6.45, 7) is 4.08. The third-order valence-electron chi connectivity index (χ3n) is 2.45. The highest BCUT2D eigenvalue weighted by atomic mass is 16.1. The molecule has 0 amide bonds. The Hall–Kier alpha value is -1.11. The van der Waals surface area contributed by atoms with E-state index in [2.05, 4.69) is 6.07 Å². The lowest BCUT2D eigenvalue weighted by molar-refractivity contribution is 0.0967. The number of hydrogen-bond donors (Lipinski definition) is 0. The predicted molar refractivity (Wildman–Crippen MR) is 53.0 cm³/mol. The van der Waals surface area contributed by atoms with Gasteiger partial charge >= 0.3 is 0 Å². The molecule has 0 bridgehead atoms. The molecule has 13 heavy (non-hydrogen) atoms. The van der Waals surface area contributed by atoms with E-state index in [0.717, 1.165) is 18.4 Å². The van der Waals surface area contributed by atoms with E-state index in [4.69, 9.17) is 0 Å². The molecule has 1 fully saturated rings. The highest BCUT2D eigenvalue weighted by Crippen LogP contribution is 2.32. The summed E-state index contributed by atoms with van der Waals surface area (Å²) < 4.78 is 0. The molecule has 0 N–H and O–H groups in total. The van der Waals surface area contributed by atoms with Crippen molar-refractivity contribution in [2.45, 2.75) is 26.7 Å². The fourth-order valence-electron chi connectivity index (χ4n) is 1.70. The van der Waals surface area contributed by atoms with Gasteiger partial charge in [-0.1, -0.05) is 17.2 Å². The molecule has 0 aromatic heterocycles. The maximum Gasteiger partial charge on any atom is 0.165 e. The molecule has 68 valence electrons. The van der Waals surface area contributed by atoms with Crippen LogP contribution in [0.15, 0.2) is 18.2 Å². The van der Waals surface area contributed by atoms with Gasteiger partial charge in [-0.05, 0) is 38.8 Å². The third-order valence-corrected chi connectivity index (χ3v) is 2.45. The summed E-state index contributed by atoms with van der Waals surface area (Å²) >= 11 is 0. The van der Waals surface area contributed by atoms with Gasteiger partial charge in [0.15, 0.2) is 5.78 Å². The Kier molecular flexibility index (Phi) is 1.95. The van der Waals surface area contributed by atoms with Crippen LogP contribution in [0, 0.1) is 19.8 Å². The first kappa shape index (κ1) is 8.49. The Morgan fingerprint density at radius 2 is 1.69 bits per heavy atom. The largest absolute Gasteiger partial charge is 0.294 e. The lowest BCUT2D eigenvalue weighted by Gasteiger charge is -2.02. The quantitative estimate of drug-likeness (QED) is 0.630. The van der Waals surface area contributed by atoms with Gasteiger partial charge < -0.3 is 0 Å². The Balaban J connectivity index is 2.33. The Morgan fingerprint density at radius 3 is 2.15 bits per heavy atom. The summed E-state index contributed by atoms with van der Waals surface area (Å²) in [5.41, 5.74) is 3.27. The van der Waals surface area contributed by atoms with Crippen molar-refractivity contribution in [3.8, 4) is 0 Å². The average Bonchev–Trinajstić information content (AvgIpc) is 2.83. The Morgan fingerprint density at radius 1 is 1.15 bits per heavy atom. The van der Waals surface area contributed by atoms with Gasteiger partial charge in [-0.25, -0.2) is 0 Å². The standard InChI is InChI=1S/C12H14O/c1-8-5-9(2)7-11(6-8)12(13)10-3-4-10/h5-7,10H,3-4H2,1-2H3. The van der Waals surface area contributed by atoms with Crippen molar-refractivity contribution in [2.75, 3.05) is 0 Å². The van der Waals surface area contributed by atoms with Crippen LogP contribution in [0.1, 0.15) is 34.3 Å². The van der Waals surface area contributed by atoms with Crippen molar-refractivity contribution < 1.29 is 4.79 Å². The summed E-state index contributed by atoms with van der Waals surface area (Å²) in [7, 11) is 0. The molecule has 0 saturated heterocycles. The van der Waals surface area contributed by atoms with Gasteiger partial charge in [0.25, 0.3) is 0 Å². The zero-order chi connectivity index (χ0) is 9.42. The van der Waals surface area contributed by atoms with Crippen LogP contribution in [-0.2, 0) is 0 Å². The summed E-state index contributed by atoms with van der Waals surface area (Å²) in [6, 6.07) is 6.09. The average molecular weight is 174 g/mol. The second-order valence-electron chi connectivity index (χ2n) is 4.01. The summed E-state index contributed by atoms with van der Waals surface area (Å²) in [5.74, 6) is 0.674. The van der Waals surface area contributed by atoms with E-state index < -0.39 is 0 Å². The first-order chi connectivity index (χ1) is 6.16. The molecule has 1 aromatic carbocycles. The van der Waals surface area contributed by atoms with Crippen LogP contribution in [0.4, 0.5) is 0 Å². The molecule has 0 radical (unpaired) electrons. The van der Waals surface area contributed by atoms with Crippen molar-refractivity contribution in [3.05, 3.63) is 34.9 Å². The first-order valence-electron chi connectivity index (χ1n) is 4.79. The lowest BCUT2D eigenvalue weighted by Crippen LogP contribution is -2.01. The number of aryl methyl sites for hydroxylation is 2. The number of ketones is 1. The van der Waals surface area contributed by atoms with Gasteiger partial charge in [0.1, 0.15) is 0 Å². The molecule has 1 aromatic rings. The van der Waals surface area contributed by atoms with Crippen LogP contribution < -0.4 is 0 Å². The topological polar surface area (TPSA) is 17.1 Å². The van der Waals surface area contributed by atoms with Gasteiger partial charge in [-0.3, -0.25) is 4.79 Å². The maximum atomic E-state index is 11.7. The van der Waals surface area contributed by atoms with Crippen LogP contribution in [0.5, 0.6) is 0 Å². The van der Waals surface area contributed by atoms with Crippen LogP contribution in [0.25, 0.3) is 0 Å². The van der Waals surface area contributed by atoms with E-state index in [1.165, 1.54) is 11.1 Å². The molecule has 1 nitrogen and oxygen atoms in total. The number of carbonyl (C=O) groups excluding carboxylic acids is 1. The number of carbonyl (C=O) groups is 1. The maximum absolute atomic E-state index is 11.7. The van der Waals surface area contributed by atoms with E-state index in [1.54, 1.807) is 0 Å². The predicted octanol–water partition coefficient (Wildman–Crippen LogP) is 2.90. The molecule has 0 aliphatic heterocycles. The molecule has 0 unspecified atom stereocenters. The van der Waals surface area contributed by atoms with Crippen LogP contribution in [0.3, 0.4) is 0 Å². The van der Waals surface area contributed by atoms with Gasteiger partial charge in [0.05, 0.1) is 0 Å². The van der Waals surface area contributed by atoms with E-state index in [9.17, 15) is 4.79 Å². The first-order valence-corrected chi connectivity index (χ1v) is 4.79. The van der Waals surface area contributed by atoms with Gasteiger partial charge in [0.2, 0.25) is 0 Å². The van der Waals surface area contributed by atoms with E-state index >= 15 is 0 Å². The van der Waals surface area contributed by atoms with Gasteiger partial charge in [-0.15, -0.1) is 0 Å². The van der Waals surface area contributed by atoms with Gasteiger partial charge in [0, 0.05) is 11.5 Å². The zero-order valence-corrected chi connectivity index (χ0v) is 8.13. The molecule has 1 aliphatic carbocycles. The molecule has 1 heteroatoms. The van der Waals surface area contributed by atoms with Crippen LogP contribution >= 0.6 is 0 Å². The van der Waals surface area contributed by atoms with Crippen molar-refractivity contribution in [1.29, 1.82) is 0 Å². The number of hydrogen-bond acceptors (Lipinski definition) is 1. The normalized spacial score (nSPS) is 15.8. The smallest absolute Gasteiger partial charge is 0.165 e. The van der Waals surface area contributed by atoms with Crippen molar-refractivity contribution in [2.24, 2.45) is 5.92 Å². The molecule has 2 rings (SSSR count). The summed E-state index contributed by atoms with van der Waals surface area (Å²) in [5, 5.41) is 0. The fourth-order valence-corrected chi connectivity index (χ4v) is 1.70. The van der Waals surface area contributed by atoms with E-state index in [1.807, 2.05) is 26.0 Å². The van der Waals surface area contributed by atoms with Crippen molar-refractivity contribution >= 4 is 5.78 Å². The molecule has 0 atom stereocenters. The highest BCUT2D eigenvalue weighted by molar-refractivity contribution is 5.99. The molecular weight excluding hydrogens is 160 g/mol. The summed E-state index contributed by atoms with van der Waals surface area (Å²) in [6.07, 6.45) is 2.18. The Labute approximate surface area is 78.8 Å². The van der Waals surface area contributed by atoms with E-state index in [0.29, 0.717) is 11.7 Å². The monoisotopic (exact) mass is 174 g/mol. The lowest BCUT2D eigenvalue weighted by atomic mass is 10.0. The molecular formula is C12H14O. The second kappa shape index (κ2) is 2.99. The minimum Gasteiger partial charge on any atom is -0.294 e. The fraction of sp³-hybridized carbons (Fsp3) is 0.417. The minimum absolute atomic E-state index is 0.334. The highest BCUT2D eigenvalue weighted by Gasteiger charge is 2.30. The minimum atomic E-state index is 0.334. The summed E-state index contributed by atoms with van der Waals surface area (Å²) in [4.78, 5) is 11.7. The molecule has 0 spiro atoms. The van der Waals surface area contributed by atoms with Gasteiger partial charge in [-0.2, -0.15) is 0 Å². The number of rotatable bonds is 2.